The van der Waals surface area contributed by atoms with Gasteiger partial charge in [0.2, 0.25) is 0 Å². The Morgan fingerprint density at radius 2 is 1.12 bits per heavy atom. The van der Waals surface area contributed by atoms with Crippen molar-refractivity contribution in [3.05, 3.63) is 66.2 Å². The zero-order chi connectivity index (χ0) is 25.2. The number of carboxylic acids is 1. The van der Waals surface area contributed by atoms with Gasteiger partial charge >= 0.3 is 5.97 Å². The van der Waals surface area contributed by atoms with E-state index in [0.29, 0.717) is 12.0 Å². The lowest BCUT2D eigenvalue weighted by atomic mass is 9.79. The fraction of sp³-hybridized carbons (Fsp3) is 0.458. The standard InChI is InChI=1S/C11H24O2.C7H6O2.C6H6O3S/c1-10(2,3)8(12)7-9(13)11(4,5)6;8-7(9)6-4-2-1-3-5-6;7-10(8,9)6-4-2-1-3-5-6/h8-9,12-13H,7H2,1-6H3;1-5H,(H,8,9);1-5H,(H,7,8,9). The van der Waals surface area contributed by atoms with Gasteiger partial charge in [-0.2, -0.15) is 8.42 Å². The van der Waals surface area contributed by atoms with E-state index in [4.69, 9.17) is 9.66 Å². The highest BCUT2D eigenvalue weighted by Gasteiger charge is 2.30. The normalized spacial score (nSPS) is 13.5. The molecule has 0 amide bonds. The molecule has 0 radical (unpaired) electrons. The SMILES string of the molecule is CC(C)(C)C(O)CC(O)C(C)(C)C.O=C(O)c1ccccc1.O=S(=O)(O)c1ccccc1. The number of aromatic carboxylic acids is 1. The highest BCUT2D eigenvalue weighted by molar-refractivity contribution is 7.85. The topological polar surface area (TPSA) is 132 Å². The van der Waals surface area contributed by atoms with Gasteiger partial charge in [0.25, 0.3) is 10.1 Å². The molecule has 0 heterocycles. The van der Waals surface area contributed by atoms with E-state index in [9.17, 15) is 23.4 Å². The van der Waals surface area contributed by atoms with Crippen LogP contribution in [0.25, 0.3) is 0 Å². The predicted octanol–water partition coefficient (Wildman–Crippen LogP) is 4.51. The molecule has 0 aliphatic carbocycles. The summed E-state index contributed by atoms with van der Waals surface area (Å²) in [7, 11) is -4.00. The van der Waals surface area contributed by atoms with Crippen molar-refractivity contribution in [2.24, 2.45) is 10.8 Å². The highest BCUT2D eigenvalue weighted by Crippen LogP contribution is 2.28. The van der Waals surface area contributed by atoms with Gasteiger partial charge in [0, 0.05) is 6.42 Å². The molecular formula is C24H36O7S. The summed E-state index contributed by atoms with van der Waals surface area (Å²) in [4.78, 5) is 10.1. The van der Waals surface area contributed by atoms with Gasteiger partial charge in [-0.25, -0.2) is 4.79 Å². The molecule has 2 aromatic rings. The lowest BCUT2D eigenvalue weighted by molar-refractivity contribution is -0.0239. The zero-order valence-electron chi connectivity index (χ0n) is 19.6. The second-order valence-electron chi connectivity index (χ2n) is 9.46. The van der Waals surface area contributed by atoms with Gasteiger partial charge in [0.1, 0.15) is 0 Å². The first-order valence-corrected chi connectivity index (χ1v) is 11.6. The van der Waals surface area contributed by atoms with Crippen molar-refractivity contribution in [3.8, 4) is 0 Å². The number of carboxylic acid groups (broad SMARTS) is 1. The van der Waals surface area contributed by atoms with Gasteiger partial charge in [0.05, 0.1) is 22.7 Å². The third-order valence-corrected chi connectivity index (χ3v) is 5.38. The fourth-order valence-electron chi connectivity index (χ4n) is 2.09. The second-order valence-corrected chi connectivity index (χ2v) is 10.9. The molecule has 32 heavy (non-hydrogen) atoms. The maximum absolute atomic E-state index is 10.4. The van der Waals surface area contributed by atoms with Crippen LogP contribution >= 0.6 is 0 Å². The molecular weight excluding hydrogens is 432 g/mol. The molecule has 2 rings (SSSR count). The predicted molar refractivity (Wildman–Crippen MR) is 125 cm³/mol. The van der Waals surface area contributed by atoms with Gasteiger partial charge in [-0.1, -0.05) is 77.9 Å². The molecule has 0 aliphatic heterocycles. The molecule has 8 heteroatoms. The van der Waals surface area contributed by atoms with E-state index in [-0.39, 0.29) is 15.7 Å². The van der Waals surface area contributed by atoms with Crippen LogP contribution in [-0.2, 0) is 10.1 Å². The molecule has 0 aromatic heterocycles. The molecule has 2 unspecified atom stereocenters. The smallest absolute Gasteiger partial charge is 0.335 e. The van der Waals surface area contributed by atoms with Crippen molar-refractivity contribution in [1.29, 1.82) is 0 Å². The largest absolute Gasteiger partial charge is 0.478 e. The Hall–Kier alpha value is -2.26. The second kappa shape index (κ2) is 12.7. The van der Waals surface area contributed by atoms with Gasteiger partial charge in [-0.15, -0.1) is 0 Å². The Balaban J connectivity index is 0.000000458. The Labute approximate surface area is 191 Å². The monoisotopic (exact) mass is 468 g/mol. The third-order valence-electron chi connectivity index (χ3n) is 4.51. The summed E-state index contributed by atoms with van der Waals surface area (Å²) in [6, 6.07) is 15.7. The molecule has 0 saturated carbocycles. The van der Waals surface area contributed by atoms with Crippen molar-refractivity contribution >= 4 is 16.1 Å². The van der Waals surface area contributed by atoms with Gasteiger partial charge in [0.15, 0.2) is 0 Å². The molecule has 0 fully saturated rings. The number of hydrogen-bond donors (Lipinski definition) is 4. The first-order valence-electron chi connectivity index (χ1n) is 10.1. The lowest BCUT2D eigenvalue weighted by Gasteiger charge is -2.32. The number of aliphatic hydroxyl groups excluding tert-OH is 2. The summed E-state index contributed by atoms with van der Waals surface area (Å²) in [6.45, 7) is 11.9. The van der Waals surface area contributed by atoms with E-state index in [0.717, 1.165) is 0 Å². The maximum atomic E-state index is 10.4. The summed E-state index contributed by atoms with van der Waals surface area (Å²) in [5, 5.41) is 27.9. The summed E-state index contributed by atoms with van der Waals surface area (Å²) >= 11 is 0. The molecule has 4 N–H and O–H groups in total. The van der Waals surface area contributed by atoms with Crippen LogP contribution in [0.5, 0.6) is 0 Å². The van der Waals surface area contributed by atoms with E-state index < -0.39 is 28.3 Å². The molecule has 2 atom stereocenters. The number of rotatable bonds is 4. The first-order chi connectivity index (χ1) is 14.5. The van der Waals surface area contributed by atoms with E-state index in [1.54, 1.807) is 48.5 Å². The van der Waals surface area contributed by atoms with Gasteiger partial charge in [-0.3, -0.25) is 4.55 Å². The molecule has 7 nitrogen and oxygen atoms in total. The molecule has 2 aromatic carbocycles. The zero-order valence-corrected chi connectivity index (χ0v) is 20.4. The van der Waals surface area contributed by atoms with E-state index >= 15 is 0 Å². The third kappa shape index (κ3) is 12.6. The van der Waals surface area contributed by atoms with Crippen LogP contribution in [0.3, 0.4) is 0 Å². The minimum Gasteiger partial charge on any atom is -0.478 e. The maximum Gasteiger partial charge on any atom is 0.335 e. The van der Waals surface area contributed by atoms with Crippen molar-refractivity contribution in [1.82, 2.24) is 0 Å². The Kier molecular flexibility index (Phi) is 11.8. The summed E-state index contributed by atoms with van der Waals surface area (Å²) < 4.78 is 29.2. The quantitative estimate of drug-likeness (QED) is 0.485. The van der Waals surface area contributed by atoms with Gasteiger partial charge in [-0.05, 0) is 35.1 Å². The average molecular weight is 469 g/mol. The average Bonchev–Trinajstić information content (AvgIpc) is 2.68. The number of hydrogen-bond acceptors (Lipinski definition) is 5. The van der Waals surface area contributed by atoms with Crippen LogP contribution in [0.15, 0.2) is 65.6 Å². The minimum absolute atomic E-state index is 0.0741. The van der Waals surface area contributed by atoms with Crippen molar-refractivity contribution in [3.63, 3.8) is 0 Å². The van der Waals surface area contributed by atoms with Crippen LogP contribution in [0.4, 0.5) is 0 Å². The first kappa shape index (κ1) is 29.7. The molecule has 0 spiro atoms. The van der Waals surface area contributed by atoms with Crippen LogP contribution in [0.2, 0.25) is 0 Å². The Morgan fingerprint density at radius 1 is 0.781 bits per heavy atom. The minimum atomic E-state index is -4.00. The summed E-state index contributed by atoms with van der Waals surface area (Å²) in [5.74, 6) is -0.879. The van der Waals surface area contributed by atoms with E-state index in [2.05, 4.69) is 0 Å². The van der Waals surface area contributed by atoms with Crippen molar-refractivity contribution < 1.29 is 33.1 Å². The van der Waals surface area contributed by atoms with Crippen LogP contribution in [0, 0.1) is 10.8 Å². The van der Waals surface area contributed by atoms with Crippen LogP contribution in [-0.4, -0.2) is 46.5 Å². The van der Waals surface area contributed by atoms with Crippen molar-refractivity contribution in [2.45, 2.75) is 65.1 Å². The Bertz CT molecular complexity index is 879. The van der Waals surface area contributed by atoms with E-state index in [1.165, 1.54) is 12.1 Å². The molecule has 0 aliphatic rings. The number of benzene rings is 2. The lowest BCUT2D eigenvalue weighted by Crippen LogP contribution is -2.35. The Morgan fingerprint density at radius 3 is 1.34 bits per heavy atom. The number of aliphatic hydroxyl groups is 2. The molecule has 0 bridgehead atoms. The van der Waals surface area contributed by atoms with E-state index in [1.807, 2.05) is 41.5 Å². The van der Waals surface area contributed by atoms with Crippen LogP contribution in [0.1, 0.15) is 58.3 Å². The van der Waals surface area contributed by atoms with Crippen molar-refractivity contribution in [2.75, 3.05) is 0 Å². The molecule has 0 saturated heterocycles. The number of carbonyl (C=O) groups is 1. The summed E-state index contributed by atoms with van der Waals surface area (Å²) in [6.07, 6.45) is -0.434. The van der Waals surface area contributed by atoms with Crippen LogP contribution < -0.4 is 0 Å². The fourth-order valence-corrected chi connectivity index (χ4v) is 2.59. The summed E-state index contributed by atoms with van der Waals surface area (Å²) in [5.41, 5.74) is 0.0378. The highest BCUT2D eigenvalue weighted by atomic mass is 32.2. The van der Waals surface area contributed by atoms with Gasteiger partial charge < -0.3 is 15.3 Å². The molecule has 180 valence electrons.